The molecule has 3 aromatic carbocycles. The summed E-state index contributed by atoms with van der Waals surface area (Å²) in [5.41, 5.74) is 5.86. The second-order valence-corrected chi connectivity index (χ2v) is 6.13. The molecule has 0 radical (unpaired) electrons. The topological polar surface area (TPSA) is 17.3 Å². The molecule has 0 aliphatic heterocycles. The maximum Gasteiger partial charge on any atom is 0.0809 e. The predicted octanol–water partition coefficient (Wildman–Crippen LogP) is 5.82. The van der Waals surface area contributed by atoms with Crippen molar-refractivity contribution >= 4 is 16.3 Å². The van der Waals surface area contributed by atoms with Gasteiger partial charge in [-0.2, -0.15) is 5.10 Å². The number of hydrogen-bond acceptors (Lipinski definition) is 1. The van der Waals surface area contributed by atoms with Crippen LogP contribution in [0.3, 0.4) is 0 Å². The lowest BCUT2D eigenvalue weighted by molar-refractivity contribution is 0.976. The number of hydrogen-bond donors (Lipinski definition) is 0. The molecule has 2 heteroatoms. The van der Waals surface area contributed by atoms with Gasteiger partial charge < -0.3 is 0 Å². The second-order valence-electron chi connectivity index (χ2n) is 6.13. The Hall–Kier alpha value is -3.39. The Morgan fingerprint density at radius 1 is 0.560 bits per heavy atom. The van der Waals surface area contributed by atoms with E-state index >= 15 is 0 Å². The molecule has 0 aliphatic rings. The van der Waals surface area contributed by atoms with Crippen molar-refractivity contribution in [2.24, 2.45) is 0 Å². The van der Waals surface area contributed by atoms with E-state index in [2.05, 4.69) is 94.5 Å². The van der Waals surface area contributed by atoms with Crippen molar-refractivity contribution in [3.8, 4) is 22.4 Å². The number of aromatic nitrogens is 2. The highest BCUT2D eigenvalue weighted by Crippen LogP contribution is 2.39. The van der Waals surface area contributed by atoms with Crippen LogP contribution in [0.15, 0.2) is 97.2 Å². The molecule has 0 bridgehead atoms. The Balaban J connectivity index is 2.04. The summed E-state index contributed by atoms with van der Waals surface area (Å²) >= 11 is 0. The zero-order valence-electron chi connectivity index (χ0n) is 13.6. The van der Waals surface area contributed by atoms with Gasteiger partial charge in [-0.1, -0.05) is 84.9 Å². The van der Waals surface area contributed by atoms with E-state index in [1.807, 2.05) is 12.3 Å². The van der Waals surface area contributed by atoms with E-state index in [9.17, 15) is 0 Å². The molecule has 2 aromatic heterocycles. The van der Waals surface area contributed by atoms with Crippen molar-refractivity contribution in [2.45, 2.75) is 0 Å². The Kier molecular flexibility index (Phi) is 3.14. The third-order valence-electron chi connectivity index (χ3n) is 4.67. The number of pyridine rings is 1. The largest absolute Gasteiger partial charge is 0.232 e. The Morgan fingerprint density at radius 2 is 1.16 bits per heavy atom. The fourth-order valence-corrected chi connectivity index (χ4v) is 3.60. The molecule has 0 spiro atoms. The highest BCUT2D eigenvalue weighted by molar-refractivity contribution is 6.09. The van der Waals surface area contributed by atoms with Crippen LogP contribution in [0.25, 0.3) is 38.7 Å². The molecule has 118 valence electrons. The molecule has 0 fully saturated rings. The van der Waals surface area contributed by atoms with Crippen molar-refractivity contribution in [1.82, 2.24) is 9.61 Å². The number of nitrogens with zero attached hydrogens (tertiary/aromatic N) is 2. The predicted molar refractivity (Wildman–Crippen MR) is 104 cm³/mol. The van der Waals surface area contributed by atoms with E-state index in [4.69, 9.17) is 0 Å². The van der Waals surface area contributed by atoms with Crippen LogP contribution in [0.1, 0.15) is 0 Å². The first kappa shape index (κ1) is 14.0. The highest BCUT2D eigenvalue weighted by Gasteiger charge is 2.17. The van der Waals surface area contributed by atoms with Crippen LogP contribution < -0.4 is 0 Å². The molecule has 0 amide bonds. The van der Waals surface area contributed by atoms with E-state index < -0.39 is 0 Å². The van der Waals surface area contributed by atoms with Gasteiger partial charge in [0, 0.05) is 16.5 Å². The molecule has 5 rings (SSSR count). The van der Waals surface area contributed by atoms with Gasteiger partial charge in [0.05, 0.1) is 17.4 Å². The minimum absolute atomic E-state index is 1.13. The van der Waals surface area contributed by atoms with Crippen molar-refractivity contribution in [2.75, 3.05) is 0 Å². The van der Waals surface area contributed by atoms with Crippen molar-refractivity contribution in [1.29, 1.82) is 0 Å². The summed E-state index contributed by atoms with van der Waals surface area (Å²) in [5.74, 6) is 0. The van der Waals surface area contributed by atoms with Crippen LogP contribution in [-0.4, -0.2) is 9.61 Å². The van der Waals surface area contributed by atoms with E-state index in [0.717, 1.165) is 11.2 Å². The Morgan fingerprint density at radius 3 is 1.88 bits per heavy atom. The SMILES string of the molecule is c1ccc(-c2c(-c3ccccc3)n3nccc3c3ccccc23)cc1. The summed E-state index contributed by atoms with van der Waals surface area (Å²) in [6.45, 7) is 0. The van der Waals surface area contributed by atoms with Gasteiger partial charge in [0.1, 0.15) is 0 Å². The molecule has 0 aliphatic carbocycles. The van der Waals surface area contributed by atoms with E-state index in [1.165, 1.54) is 27.5 Å². The molecule has 0 unspecified atom stereocenters. The molecule has 0 saturated heterocycles. The van der Waals surface area contributed by atoms with Crippen LogP contribution >= 0.6 is 0 Å². The Bertz CT molecular complexity index is 1170. The molecular formula is C23H16N2. The third kappa shape index (κ3) is 2.15. The van der Waals surface area contributed by atoms with Gasteiger partial charge in [0.25, 0.3) is 0 Å². The molecule has 2 nitrogen and oxygen atoms in total. The van der Waals surface area contributed by atoms with Crippen LogP contribution in [0.4, 0.5) is 0 Å². The first-order chi connectivity index (χ1) is 12.4. The number of rotatable bonds is 2. The molecule has 2 heterocycles. The minimum atomic E-state index is 1.13. The molecule has 0 atom stereocenters. The Labute approximate surface area is 146 Å². The number of benzene rings is 3. The van der Waals surface area contributed by atoms with Gasteiger partial charge in [0.15, 0.2) is 0 Å². The quantitative estimate of drug-likeness (QED) is 0.400. The zero-order valence-corrected chi connectivity index (χ0v) is 13.6. The van der Waals surface area contributed by atoms with Gasteiger partial charge in [0.2, 0.25) is 0 Å². The summed E-state index contributed by atoms with van der Waals surface area (Å²) in [5, 5.41) is 7.12. The second kappa shape index (κ2) is 5.60. The normalized spacial score (nSPS) is 11.2. The molecule has 0 N–H and O–H groups in total. The van der Waals surface area contributed by atoms with Gasteiger partial charge >= 0.3 is 0 Å². The lowest BCUT2D eigenvalue weighted by atomic mass is 9.93. The summed E-state index contributed by atoms with van der Waals surface area (Å²) in [7, 11) is 0. The standard InChI is InChI=1S/C23H16N2/c1-3-9-17(10-4-1)22-20-14-8-7-13-19(20)21-15-16-24-25(21)23(22)18-11-5-2-6-12-18/h1-16H. The summed E-state index contributed by atoms with van der Waals surface area (Å²) in [6.07, 6.45) is 1.88. The molecule has 0 saturated carbocycles. The minimum Gasteiger partial charge on any atom is -0.232 e. The van der Waals surface area contributed by atoms with Gasteiger partial charge in [-0.05, 0) is 17.0 Å². The molecular weight excluding hydrogens is 304 g/mol. The van der Waals surface area contributed by atoms with Gasteiger partial charge in [-0.15, -0.1) is 0 Å². The smallest absolute Gasteiger partial charge is 0.0809 e. The lowest BCUT2D eigenvalue weighted by Crippen LogP contribution is -1.99. The van der Waals surface area contributed by atoms with Gasteiger partial charge in [-0.25, -0.2) is 4.52 Å². The lowest BCUT2D eigenvalue weighted by Gasteiger charge is -2.16. The van der Waals surface area contributed by atoms with Crippen molar-refractivity contribution in [3.63, 3.8) is 0 Å². The average molecular weight is 320 g/mol. The zero-order chi connectivity index (χ0) is 16.6. The first-order valence-electron chi connectivity index (χ1n) is 8.43. The van der Waals surface area contributed by atoms with E-state index in [-0.39, 0.29) is 0 Å². The maximum atomic E-state index is 4.65. The summed E-state index contributed by atoms with van der Waals surface area (Å²) < 4.78 is 2.07. The highest BCUT2D eigenvalue weighted by atomic mass is 15.2. The molecule has 25 heavy (non-hydrogen) atoms. The van der Waals surface area contributed by atoms with Crippen LogP contribution in [-0.2, 0) is 0 Å². The van der Waals surface area contributed by atoms with Crippen molar-refractivity contribution < 1.29 is 0 Å². The van der Waals surface area contributed by atoms with E-state index in [0.29, 0.717) is 0 Å². The van der Waals surface area contributed by atoms with Crippen molar-refractivity contribution in [3.05, 3.63) is 97.2 Å². The summed E-state index contributed by atoms with van der Waals surface area (Å²) in [4.78, 5) is 0. The summed E-state index contributed by atoms with van der Waals surface area (Å²) in [6, 6.07) is 31.7. The van der Waals surface area contributed by atoms with Crippen LogP contribution in [0.2, 0.25) is 0 Å². The van der Waals surface area contributed by atoms with E-state index in [1.54, 1.807) is 0 Å². The van der Waals surface area contributed by atoms with Gasteiger partial charge in [-0.3, -0.25) is 0 Å². The monoisotopic (exact) mass is 320 g/mol. The van der Waals surface area contributed by atoms with Crippen LogP contribution in [0, 0.1) is 0 Å². The fraction of sp³-hybridized carbons (Fsp3) is 0. The average Bonchev–Trinajstić information content (AvgIpc) is 3.18. The molecule has 5 aromatic rings. The third-order valence-corrected chi connectivity index (χ3v) is 4.67. The first-order valence-corrected chi connectivity index (χ1v) is 8.43. The fourth-order valence-electron chi connectivity index (χ4n) is 3.60. The maximum absolute atomic E-state index is 4.65. The van der Waals surface area contributed by atoms with Crippen LogP contribution in [0.5, 0.6) is 0 Å². The number of fused-ring (bicyclic) bond motifs is 3.